The summed E-state index contributed by atoms with van der Waals surface area (Å²) in [6.07, 6.45) is 3.99. The lowest BCUT2D eigenvalue weighted by Gasteiger charge is -2.35. The van der Waals surface area contributed by atoms with Gasteiger partial charge in [0, 0.05) is 28.2 Å². The summed E-state index contributed by atoms with van der Waals surface area (Å²) in [6.45, 7) is 1.91. The number of halogens is 2. The fourth-order valence-corrected chi connectivity index (χ4v) is 3.81. The molecule has 1 aliphatic rings. The van der Waals surface area contributed by atoms with E-state index in [0.717, 1.165) is 5.56 Å². The summed E-state index contributed by atoms with van der Waals surface area (Å²) in [5.74, 6) is -1.36. The fraction of sp³-hybridized carbons (Fsp3) is 0.227. The van der Waals surface area contributed by atoms with E-state index in [9.17, 15) is 18.8 Å². The fourth-order valence-electron chi connectivity index (χ4n) is 3.43. The smallest absolute Gasteiger partial charge is 0.248 e. The Morgan fingerprint density at radius 1 is 1.24 bits per heavy atom. The second-order valence-electron chi connectivity index (χ2n) is 6.88. The van der Waals surface area contributed by atoms with E-state index in [2.05, 4.69) is 26.6 Å². The van der Waals surface area contributed by atoms with Crippen LogP contribution in [0.2, 0.25) is 0 Å². The maximum Gasteiger partial charge on any atom is 0.248 e. The van der Waals surface area contributed by atoms with Gasteiger partial charge in [0.25, 0.3) is 0 Å². The molecule has 5 nitrogen and oxygen atoms in total. The van der Waals surface area contributed by atoms with Gasteiger partial charge in [-0.3, -0.25) is 19.7 Å². The third-order valence-corrected chi connectivity index (χ3v) is 5.64. The molecule has 3 rings (SSSR count). The molecule has 2 aromatic rings. The minimum Gasteiger partial charge on any atom is -0.323 e. The van der Waals surface area contributed by atoms with Gasteiger partial charge in [0.2, 0.25) is 17.7 Å². The van der Waals surface area contributed by atoms with Crippen LogP contribution >= 0.6 is 15.9 Å². The zero-order valence-corrected chi connectivity index (χ0v) is 17.4. The van der Waals surface area contributed by atoms with Gasteiger partial charge in [-0.15, -0.1) is 0 Å². The van der Waals surface area contributed by atoms with Gasteiger partial charge in [-0.05, 0) is 54.8 Å². The highest BCUT2D eigenvalue weighted by molar-refractivity contribution is 9.10. The molecule has 0 radical (unpaired) electrons. The van der Waals surface area contributed by atoms with Crippen LogP contribution in [0.3, 0.4) is 0 Å². The summed E-state index contributed by atoms with van der Waals surface area (Å²) in [5.41, 5.74) is 0.910. The molecule has 1 atom stereocenters. The Morgan fingerprint density at radius 3 is 2.62 bits per heavy atom. The summed E-state index contributed by atoms with van der Waals surface area (Å²) >= 11 is 3.27. The predicted molar refractivity (Wildman–Crippen MR) is 113 cm³/mol. The molecule has 1 heterocycles. The van der Waals surface area contributed by atoms with Crippen molar-refractivity contribution >= 4 is 45.4 Å². The largest absolute Gasteiger partial charge is 0.323 e. The van der Waals surface area contributed by atoms with E-state index in [-0.39, 0.29) is 11.8 Å². The third kappa shape index (κ3) is 4.62. The number of carbonyl (C=O) groups is 3. The van der Waals surface area contributed by atoms with E-state index in [0.29, 0.717) is 35.0 Å². The molecule has 0 aliphatic carbocycles. The molecule has 3 amide bonds. The maximum atomic E-state index is 13.7. The third-order valence-electron chi connectivity index (χ3n) is 5.15. The zero-order chi connectivity index (χ0) is 21.0. The van der Waals surface area contributed by atoms with Crippen molar-refractivity contribution in [3.8, 4) is 0 Å². The Labute approximate surface area is 176 Å². The van der Waals surface area contributed by atoms with Crippen LogP contribution in [-0.2, 0) is 19.8 Å². The number of rotatable bonds is 5. The van der Waals surface area contributed by atoms with Crippen molar-refractivity contribution in [1.29, 1.82) is 0 Å². The summed E-state index contributed by atoms with van der Waals surface area (Å²) in [5, 5.41) is 5.13. The molecule has 1 unspecified atom stereocenters. The van der Waals surface area contributed by atoms with Gasteiger partial charge in [0.05, 0.1) is 5.41 Å². The number of anilines is 1. The molecular formula is C22H20BrFN2O3. The highest BCUT2D eigenvalue weighted by Crippen LogP contribution is 2.36. The topological polar surface area (TPSA) is 75.3 Å². The Kier molecular flexibility index (Phi) is 6.27. The van der Waals surface area contributed by atoms with Gasteiger partial charge in [0.1, 0.15) is 5.82 Å². The number of benzene rings is 2. The van der Waals surface area contributed by atoms with Crippen LogP contribution in [0, 0.1) is 5.82 Å². The normalized spacial score (nSPS) is 19.3. The minimum absolute atomic E-state index is 0.253. The maximum absolute atomic E-state index is 13.7. The molecule has 0 aromatic heterocycles. The Balaban J connectivity index is 1.71. The molecule has 1 fully saturated rings. The van der Waals surface area contributed by atoms with Crippen molar-refractivity contribution in [3.05, 3.63) is 70.0 Å². The standard InChI is InChI=1S/C22H20BrFN2O3/c1-2-22(12-11-20(28)26-21(22)29)15-4-7-17(8-5-15)25-19(27)10-3-14-13-16(23)6-9-18(14)24/h3-10,13H,2,11-12H2,1H3,(H,25,27)(H,26,28,29). The molecule has 7 heteroatoms. The number of hydrogen-bond acceptors (Lipinski definition) is 3. The van der Waals surface area contributed by atoms with Crippen LogP contribution in [0.5, 0.6) is 0 Å². The van der Waals surface area contributed by atoms with Crippen LogP contribution in [0.4, 0.5) is 10.1 Å². The Morgan fingerprint density at radius 2 is 1.97 bits per heavy atom. The highest BCUT2D eigenvalue weighted by Gasteiger charge is 2.42. The quantitative estimate of drug-likeness (QED) is 0.517. The molecule has 29 heavy (non-hydrogen) atoms. The predicted octanol–water partition coefficient (Wildman–Crippen LogP) is 4.32. The first kappa shape index (κ1) is 20.9. The van der Waals surface area contributed by atoms with Gasteiger partial charge in [-0.25, -0.2) is 4.39 Å². The van der Waals surface area contributed by atoms with E-state index in [1.165, 1.54) is 18.2 Å². The molecule has 0 saturated carbocycles. The number of carbonyl (C=O) groups excluding carboxylic acids is 3. The molecule has 0 bridgehead atoms. The lowest BCUT2D eigenvalue weighted by atomic mass is 9.72. The molecule has 1 aliphatic heterocycles. The monoisotopic (exact) mass is 458 g/mol. The first-order chi connectivity index (χ1) is 13.8. The molecule has 150 valence electrons. The average molecular weight is 459 g/mol. The van der Waals surface area contributed by atoms with Gasteiger partial charge in [0.15, 0.2) is 0 Å². The molecule has 2 aromatic carbocycles. The van der Waals surface area contributed by atoms with Gasteiger partial charge in [-0.2, -0.15) is 0 Å². The average Bonchev–Trinajstić information content (AvgIpc) is 2.70. The Hall–Kier alpha value is -2.80. The zero-order valence-electron chi connectivity index (χ0n) is 15.8. The van der Waals surface area contributed by atoms with E-state index >= 15 is 0 Å². The van der Waals surface area contributed by atoms with Crippen LogP contribution in [-0.4, -0.2) is 17.7 Å². The number of hydrogen-bond donors (Lipinski definition) is 2. The first-order valence-corrected chi connectivity index (χ1v) is 10.0. The summed E-state index contributed by atoms with van der Waals surface area (Å²) < 4.78 is 14.5. The van der Waals surface area contributed by atoms with Crippen LogP contribution in [0.1, 0.15) is 37.3 Å². The van der Waals surface area contributed by atoms with Crippen molar-refractivity contribution in [1.82, 2.24) is 5.32 Å². The number of piperidine rings is 1. The van der Waals surface area contributed by atoms with Crippen LogP contribution in [0.25, 0.3) is 6.08 Å². The molecule has 1 saturated heterocycles. The van der Waals surface area contributed by atoms with Crippen molar-refractivity contribution in [2.45, 2.75) is 31.6 Å². The molecular weight excluding hydrogens is 439 g/mol. The van der Waals surface area contributed by atoms with Gasteiger partial charge >= 0.3 is 0 Å². The summed E-state index contributed by atoms with van der Waals surface area (Å²) in [4.78, 5) is 36.1. The van der Waals surface area contributed by atoms with Crippen molar-refractivity contribution < 1.29 is 18.8 Å². The minimum atomic E-state index is -0.741. The first-order valence-electron chi connectivity index (χ1n) is 9.23. The van der Waals surface area contributed by atoms with Crippen molar-refractivity contribution in [2.75, 3.05) is 5.32 Å². The van der Waals surface area contributed by atoms with E-state index in [1.807, 2.05) is 6.92 Å². The number of amides is 3. The summed E-state index contributed by atoms with van der Waals surface area (Å²) in [6, 6.07) is 11.5. The van der Waals surface area contributed by atoms with Crippen molar-refractivity contribution in [2.24, 2.45) is 0 Å². The Bertz CT molecular complexity index is 988. The second kappa shape index (κ2) is 8.69. The van der Waals surface area contributed by atoms with Crippen LogP contribution in [0.15, 0.2) is 53.0 Å². The SMILES string of the molecule is CCC1(c2ccc(NC(=O)C=Cc3cc(Br)ccc3F)cc2)CCC(=O)NC1=O. The summed E-state index contributed by atoms with van der Waals surface area (Å²) in [7, 11) is 0. The molecule has 0 spiro atoms. The van der Waals surface area contributed by atoms with E-state index in [1.54, 1.807) is 36.4 Å². The lowest BCUT2D eigenvalue weighted by Crippen LogP contribution is -2.51. The lowest BCUT2D eigenvalue weighted by molar-refractivity contribution is -0.138. The van der Waals surface area contributed by atoms with Gasteiger partial charge in [-0.1, -0.05) is 35.0 Å². The molecule has 2 N–H and O–H groups in total. The van der Waals surface area contributed by atoms with Crippen LogP contribution < -0.4 is 10.6 Å². The van der Waals surface area contributed by atoms with E-state index < -0.39 is 17.1 Å². The van der Waals surface area contributed by atoms with E-state index in [4.69, 9.17) is 0 Å². The number of imide groups is 1. The van der Waals surface area contributed by atoms with Crippen molar-refractivity contribution in [3.63, 3.8) is 0 Å². The highest BCUT2D eigenvalue weighted by atomic mass is 79.9. The number of nitrogens with one attached hydrogen (secondary N) is 2. The van der Waals surface area contributed by atoms with Gasteiger partial charge < -0.3 is 5.32 Å². The second-order valence-corrected chi connectivity index (χ2v) is 7.79.